The van der Waals surface area contributed by atoms with Crippen LogP contribution in [0.4, 0.5) is 10.5 Å². The lowest BCUT2D eigenvalue weighted by molar-refractivity contribution is 0.241. The molecule has 0 bridgehead atoms. The number of hydrogen-bond acceptors (Lipinski definition) is 3. The van der Waals surface area contributed by atoms with Crippen molar-refractivity contribution in [2.24, 2.45) is 0 Å². The number of imidazole rings is 1. The lowest BCUT2D eigenvalue weighted by atomic mass is 10.1. The van der Waals surface area contributed by atoms with E-state index in [1.165, 1.54) is 16.8 Å². The highest BCUT2D eigenvalue weighted by Gasteiger charge is 2.22. The smallest absolute Gasteiger partial charge is 0.319 e. The summed E-state index contributed by atoms with van der Waals surface area (Å²) in [7, 11) is 0. The number of nitrogens with zero attached hydrogens (tertiary/aromatic N) is 3. The van der Waals surface area contributed by atoms with E-state index in [4.69, 9.17) is 4.98 Å². The lowest BCUT2D eigenvalue weighted by Gasteiger charge is -2.25. The maximum absolute atomic E-state index is 12.0. The summed E-state index contributed by atoms with van der Waals surface area (Å²) in [5, 5.41) is 5.68. The zero-order valence-corrected chi connectivity index (χ0v) is 25.2. The molecule has 0 aliphatic rings. The van der Waals surface area contributed by atoms with Crippen molar-refractivity contribution in [3.8, 4) is 22.6 Å². The van der Waals surface area contributed by atoms with Gasteiger partial charge in [0, 0.05) is 49.5 Å². The molecule has 2 amide bonds. The van der Waals surface area contributed by atoms with Crippen LogP contribution in [-0.4, -0.2) is 27.0 Å². The van der Waals surface area contributed by atoms with Crippen molar-refractivity contribution in [1.29, 1.82) is 0 Å². The van der Waals surface area contributed by atoms with Crippen LogP contribution < -0.4 is 10.6 Å². The number of carbonyl (C=O) groups is 1. The fourth-order valence-corrected chi connectivity index (χ4v) is 5.35. The van der Waals surface area contributed by atoms with E-state index in [1.807, 2.05) is 19.1 Å². The maximum atomic E-state index is 12.0. The number of hydrogen-bond donors (Lipinski definition) is 2. The Balaban J connectivity index is 1.53. The third kappa shape index (κ3) is 7.99. The molecule has 0 aliphatic heterocycles. The van der Waals surface area contributed by atoms with E-state index in [-0.39, 0.29) is 6.03 Å². The monoisotopic (exact) mass is 571 g/mol. The van der Waals surface area contributed by atoms with Gasteiger partial charge >= 0.3 is 6.03 Å². The number of urea groups is 1. The van der Waals surface area contributed by atoms with E-state index in [0.29, 0.717) is 6.54 Å². The number of benzene rings is 4. The molecule has 43 heavy (non-hydrogen) atoms. The number of carbonyl (C=O) groups excluding carboxylic acids is 1. The predicted molar refractivity (Wildman–Crippen MR) is 177 cm³/mol. The minimum Gasteiger partial charge on any atom is -0.338 e. The van der Waals surface area contributed by atoms with Crippen molar-refractivity contribution in [3.05, 3.63) is 132 Å². The van der Waals surface area contributed by atoms with Crippen molar-refractivity contribution < 1.29 is 4.79 Å². The largest absolute Gasteiger partial charge is 0.338 e. The van der Waals surface area contributed by atoms with Crippen molar-refractivity contribution in [2.45, 2.75) is 52.9 Å². The minimum atomic E-state index is -0.191. The Morgan fingerprint density at radius 1 is 0.721 bits per heavy atom. The van der Waals surface area contributed by atoms with Crippen LogP contribution >= 0.6 is 0 Å². The van der Waals surface area contributed by atoms with Gasteiger partial charge in [-0.25, -0.2) is 9.78 Å². The van der Waals surface area contributed by atoms with Gasteiger partial charge in [-0.1, -0.05) is 116 Å². The van der Waals surface area contributed by atoms with Gasteiger partial charge in [0.2, 0.25) is 0 Å². The Hall–Kier alpha value is -4.68. The summed E-state index contributed by atoms with van der Waals surface area (Å²) in [6, 6.07) is 39.7. The predicted octanol–water partition coefficient (Wildman–Crippen LogP) is 8.36. The van der Waals surface area contributed by atoms with E-state index in [1.54, 1.807) is 0 Å². The summed E-state index contributed by atoms with van der Waals surface area (Å²) in [6.45, 7) is 7.94. The Morgan fingerprint density at radius 2 is 1.30 bits per heavy atom. The summed E-state index contributed by atoms with van der Waals surface area (Å²) in [6.07, 6.45) is 2.19. The van der Waals surface area contributed by atoms with Crippen molar-refractivity contribution in [3.63, 3.8) is 0 Å². The van der Waals surface area contributed by atoms with Gasteiger partial charge in [-0.15, -0.1) is 0 Å². The van der Waals surface area contributed by atoms with Crippen LogP contribution in [0, 0.1) is 0 Å². The van der Waals surface area contributed by atoms with E-state index < -0.39 is 0 Å². The molecular formula is C37H41N5O. The fraction of sp³-hybridized carbons (Fsp3) is 0.243. The number of aromatic nitrogens is 2. The second kappa shape index (κ2) is 15.0. The number of unbranched alkanes of at least 4 members (excludes halogenated alkanes) is 1. The summed E-state index contributed by atoms with van der Waals surface area (Å²) in [5.74, 6) is 1.02. The normalized spacial score (nSPS) is 11.0. The molecule has 0 fully saturated rings. The Bertz CT molecular complexity index is 1560. The Morgan fingerprint density at radius 3 is 1.91 bits per heavy atom. The van der Waals surface area contributed by atoms with Gasteiger partial charge in [-0.3, -0.25) is 4.90 Å². The Labute approximate surface area is 255 Å². The molecule has 1 heterocycles. The standard InChI is InChI=1S/C37H41N5O/c1-3-5-25-42-34(35(31-17-11-7-12-18-31)40-36(42)32-19-13-8-14-20-32)28-41(26-29-15-9-6-10-16-29)27-30-21-23-33(24-22-30)39-37(43)38-4-2/h6-24H,3-5,25-28H2,1-2H3,(H2,38,39,43). The molecular weight excluding hydrogens is 530 g/mol. The molecule has 2 N–H and O–H groups in total. The number of rotatable bonds is 13. The SMILES string of the molecule is CCCCn1c(-c2ccccc2)nc(-c2ccccc2)c1CN(Cc1ccccc1)Cc1ccc(NC(=O)NCC)cc1. The molecule has 6 nitrogen and oxygen atoms in total. The van der Waals surface area contributed by atoms with Gasteiger partial charge in [-0.2, -0.15) is 0 Å². The number of anilines is 1. The molecule has 0 aliphatic carbocycles. The summed E-state index contributed by atoms with van der Waals surface area (Å²) in [4.78, 5) is 19.8. The van der Waals surface area contributed by atoms with Crippen LogP contribution in [0.5, 0.6) is 0 Å². The first-order chi connectivity index (χ1) is 21.1. The lowest BCUT2D eigenvalue weighted by Crippen LogP contribution is -2.28. The van der Waals surface area contributed by atoms with Crippen molar-refractivity contribution in [2.75, 3.05) is 11.9 Å². The molecule has 0 saturated heterocycles. The molecule has 0 atom stereocenters. The molecule has 5 aromatic rings. The average Bonchev–Trinajstić information content (AvgIpc) is 3.40. The van der Waals surface area contributed by atoms with Gasteiger partial charge < -0.3 is 15.2 Å². The first-order valence-electron chi connectivity index (χ1n) is 15.2. The third-order valence-corrected chi connectivity index (χ3v) is 7.46. The van der Waals surface area contributed by atoms with Crippen LogP contribution in [0.15, 0.2) is 115 Å². The zero-order chi connectivity index (χ0) is 29.9. The molecule has 0 spiro atoms. The van der Waals surface area contributed by atoms with Crippen LogP contribution in [-0.2, 0) is 26.2 Å². The third-order valence-electron chi connectivity index (χ3n) is 7.46. The highest BCUT2D eigenvalue weighted by Crippen LogP contribution is 2.32. The molecule has 1 aromatic heterocycles. The molecule has 4 aromatic carbocycles. The summed E-state index contributed by atoms with van der Waals surface area (Å²) < 4.78 is 2.44. The maximum Gasteiger partial charge on any atom is 0.319 e. The molecule has 0 unspecified atom stereocenters. The molecule has 0 saturated carbocycles. The van der Waals surface area contributed by atoms with Crippen LogP contribution in [0.1, 0.15) is 43.5 Å². The first-order valence-corrected chi connectivity index (χ1v) is 15.2. The van der Waals surface area contributed by atoms with Gasteiger partial charge in [-0.05, 0) is 36.6 Å². The van der Waals surface area contributed by atoms with Gasteiger partial charge in [0.05, 0.1) is 11.4 Å². The quantitative estimate of drug-likeness (QED) is 0.149. The molecule has 5 rings (SSSR count). The van der Waals surface area contributed by atoms with E-state index in [9.17, 15) is 4.79 Å². The van der Waals surface area contributed by atoms with E-state index >= 15 is 0 Å². The second-order valence-corrected chi connectivity index (χ2v) is 10.8. The van der Waals surface area contributed by atoms with E-state index in [0.717, 1.165) is 67.4 Å². The first kappa shape index (κ1) is 29.8. The average molecular weight is 572 g/mol. The van der Waals surface area contributed by atoms with Crippen LogP contribution in [0.2, 0.25) is 0 Å². The summed E-state index contributed by atoms with van der Waals surface area (Å²) >= 11 is 0. The molecule has 0 radical (unpaired) electrons. The minimum absolute atomic E-state index is 0.191. The van der Waals surface area contributed by atoms with Gasteiger partial charge in [0.15, 0.2) is 0 Å². The highest BCUT2D eigenvalue weighted by atomic mass is 16.2. The van der Waals surface area contributed by atoms with Crippen LogP contribution in [0.3, 0.4) is 0 Å². The highest BCUT2D eigenvalue weighted by molar-refractivity contribution is 5.89. The number of nitrogens with one attached hydrogen (secondary N) is 2. The van der Waals surface area contributed by atoms with Gasteiger partial charge in [0.25, 0.3) is 0 Å². The van der Waals surface area contributed by atoms with Crippen molar-refractivity contribution >= 4 is 11.7 Å². The topological polar surface area (TPSA) is 62.2 Å². The zero-order valence-electron chi connectivity index (χ0n) is 25.2. The summed E-state index contributed by atoms with van der Waals surface area (Å²) in [5.41, 5.74) is 7.75. The van der Waals surface area contributed by atoms with Crippen molar-refractivity contribution in [1.82, 2.24) is 19.8 Å². The second-order valence-electron chi connectivity index (χ2n) is 10.8. The fourth-order valence-electron chi connectivity index (χ4n) is 5.35. The van der Waals surface area contributed by atoms with Gasteiger partial charge in [0.1, 0.15) is 5.82 Å². The molecule has 6 heteroatoms. The number of amides is 2. The van der Waals surface area contributed by atoms with E-state index in [2.05, 4.69) is 130 Å². The Kier molecular flexibility index (Phi) is 10.4. The van der Waals surface area contributed by atoms with Crippen LogP contribution in [0.25, 0.3) is 22.6 Å². The molecule has 220 valence electrons.